The van der Waals surface area contributed by atoms with Crippen molar-refractivity contribution in [2.24, 2.45) is 0 Å². The third-order valence-corrected chi connectivity index (χ3v) is 4.10. The van der Waals surface area contributed by atoms with Crippen molar-refractivity contribution in [3.05, 3.63) is 65.4 Å². The number of aryl methyl sites for hydroxylation is 2. The lowest BCUT2D eigenvalue weighted by Crippen LogP contribution is -2.39. The lowest BCUT2D eigenvalue weighted by Gasteiger charge is -2.23. The molecule has 0 aliphatic carbocycles. The lowest BCUT2D eigenvalue weighted by atomic mass is 9.96. The van der Waals surface area contributed by atoms with E-state index in [1.54, 1.807) is 26.1 Å². The Kier molecular flexibility index (Phi) is 4.11. The zero-order chi connectivity index (χ0) is 17.3. The summed E-state index contributed by atoms with van der Waals surface area (Å²) in [5.74, 6) is 1.06. The van der Waals surface area contributed by atoms with E-state index in [0.717, 1.165) is 16.5 Å². The Morgan fingerprint density at radius 1 is 1.29 bits per heavy atom. The molecule has 5 nitrogen and oxygen atoms in total. The molecule has 0 spiro atoms. The Morgan fingerprint density at radius 3 is 2.75 bits per heavy atom. The average molecular weight is 324 g/mol. The van der Waals surface area contributed by atoms with Gasteiger partial charge in [-0.25, -0.2) is 0 Å². The van der Waals surface area contributed by atoms with Crippen molar-refractivity contribution >= 4 is 16.7 Å². The van der Waals surface area contributed by atoms with Gasteiger partial charge in [-0.1, -0.05) is 24.3 Å². The van der Waals surface area contributed by atoms with Crippen LogP contribution in [0.5, 0.6) is 0 Å². The van der Waals surface area contributed by atoms with Crippen molar-refractivity contribution in [1.82, 2.24) is 10.3 Å². The van der Waals surface area contributed by atoms with E-state index in [1.807, 2.05) is 37.3 Å². The summed E-state index contributed by atoms with van der Waals surface area (Å²) < 4.78 is 5.46. The number of aromatic nitrogens is 1. The Balaban J connectivity index is 1.81. The molecular weight excluding hydrogens is 304 g/mol. The molecule has 24 heavy (non-hydrogen) atoms. The van der Waals surface area contributed by atoms with Crippen LogP contribution in [-0.2, 0) is 5.60 Å². The van der Waals surface area contributed by atoms with Crippen LogP contribution in [0.4, 0.5) is 0 Å². The van der Waals surface area contributed by atoms with E-state index in [0.29, 0.717) is 17.0 Å². The monoisotopic (exact) mass is 324 g/mol. The van der Waals surface area contributed by atoms with Gasteiger partial charge in [-0.05, 0) is 38.3 Å². The number of carbonyl (C=O) groups excluding carboxylic acids is 1. The minimum atomic E-state index is -1.22. The molecule has 0 aliphatic heterocycles. The third kappa shape index (κ3) is 3.03. The van der Waals surface area contributed by atoms with Gasteiger partial charge in [-0.2, -0.15) is 0 Å². The molecule has 2 heterocycles. The molecule has 1 amide bonds. The van der Waals surface area contributed by atoms with Crippen molar-refractivity contribution in [2.45, 2.75) is 26.4 Å². The maximum atomic E-state index is 12.5. The molecule has 1 unspecified atom stereocenters. The van der Waals surface area contributed by atoms with Gasteiger partial charge in [-0.15, -0.1) is 0 Å². The molecular formula is C19H20N2O3. The number of hydrogen-bond donors (Lipinski definition) is 2. The SMILES string of the molecule is Cc1cc(C(C)(O)CNC(=O)c2nccc3ccccc23)c(C)o1. The smallest absolute Gasteiger partial charge is 0.270 e. The summed E-state index contributed by atoms with van der Waals surface area (Å²) in [5, 5.41) is 15.2. The highest BCUT2D eigenvalue weighted by molar-refractivity contribution is 6.05. The fourth-order valence-corrected chi connectivity index (χ4v) is 2.90. The van der Waals surface area contributed by atoms with Gasteiger partial charge in [0.25, 0.3) is 5.91 Å². The van der Waals surface area contributed by atoms with Crippen molar-refractivity contribution in [3.63, 3.8) is 0 Å². The van der Waals surface area contributed by atoms with E-state index in [9.17, 15) is 9.90 Å². The van der Waals surface area contributed by atoms with E-state index in [-0.39, 0.29) is 12.5 Å². The van der Waals surface area contributed by atoms with Gasteiger partial charge < -0.3 is 14.8 Å². The molecule has 0 radical (unpaired) electrons. The summed E-state index contributed by atoms with van der Waals surface area (Å²) in [5.41, 5.74) is -0.197. The molecule has 0 saturated carbocycles. The van der Waals surface area contributed by atoms with Crippen LogP contribution < -0.4 is 5.32 Å². The molecule has 1 aromatic carbocycles. The van der Waals surface area contributed by atoms with E-state index >= 15 is 0 Å². The zero-order valence-electron chi connectivity index (χ0n) is 14.0. The molecule has 0 aliphatic rings. The molecule has 2 N–H and O–H groups in total. The molecule has 5 heteroatoms. The number of rotatable bonds is 4. The predicted octanol–water partition coefficient (Wildman–Crippen LogP) is 3.08. The van der Waals surface area contributed by atoms with Gasteiger partial charge >= 0.3 is 0 Å². The molecule has 1 atom stereocenters. The first-order valence-electron chi connectivity index (χ1n) is 7.80. The summed E-state index contributed by atoms with van der Waals surface area (Å²) in [7, 11) is 0. The molecule has 3 rings (SSSR count). The number of fused-ring (bicyclic) bond motifs is 1. The number of nitrogens with one attached hydrogen (secondary N) is 1. The largest absolute Gasteiger partial charge is 0.466 e. The second kappa shape index (κ2) is 6.09. The van der Waals surface area contributed by atoms with Crippen molar-refractivity contribution < 1.29 is 14.3 Å². The fourth-order valence-electron chi connectivity index (χ4n) is 2.90. The van der Waals surface area contributed by atoms with Crippen LogP contribution in [0.3, 0.4) is 0 Å². The van der Waals surface area contributed by atoms with E-state index in [4.69, 9.17) is 4.42 Å². The average Bonchev–Trinajstić information content (AvgIpc) is 2.91. The normalized spacial score (nSPS) is 13.7. The number of nitrogens with zero attached hydrogens (tertiary/aromatic N) is 1. The molecule has 124 valence electrons. The first kappa shape index (κ1) is 16.2. The van der Waals surface area contributed by atoms with Crippen LogP contribution in [0.1, 0.15) is 34.5 Å². The molecule has 3 aromatic rings. The van der Waals surface area contributed by atoms with Gasteiger partial charge in [0, 0.05) is 17.1 Å². The summed E-state index contributed by atoms with van der Waals surface area (Å²) in [6.07, 6.45) is 1.61. The maximum absolute atomic E-state index is 12.5. The van der Waals surface area contributed by atoms with Gasteiger partial charge in [0.1, 0.15) is 22.8 Å². The second-order valence-electron chi connectivity index (χ2n) is 6.16. The highest BCUT2D eigenvalue weighted by atomic mass is 16.3. The van der Waals surface area contributed by atoms with Gasteiger partial charge in [0.15, 0.2) is 0 Å². The number of hydrogen-bond acceptors (Lipinski definition) is 4. The van der Waals surface area contributed by atoms with E-state index in [1.165, 1.54) is 0 Å². The number of carbonyl (C=O) groups is 1. The Labute approximate surface area is 140 Å². The van der Waals surface area contributed by atoms with Gasteiger partial charge in [0.2, 0.25) is 0 Å². The van der Waals surface area contributed by atoms with Crippen LogP contribution in [0, 0.1) is 13.8 Å². The Morgan fingerprint density at radius 2 is 2.04 bits per heavy atom. The van der Waals surface area contributed by atoms with E-state index in [2.05, 4.69) is 10.3 Å². The Bertz CT molecular complexity index is 891. The van der Waals surface area contributed by atoms with Crippen molar-refractivity contribution in [2.75, 3.05) is 6.54 Å². The van der Waals surface area contributed by atoms with Gasteiger partial charge in [0.05, 0.1) is 6.54 Å². The second-order valence-corrected chi connectivity index (χ2v) is 6.16. The molecule has 0 saturated heterocycles. The number of furan rings is 1. The first-order chi connectivity index (χ1) is 11.4. The molecule has 2 aromatic heterocycles. The third-order valence-electron chi connectivity index (χ3n) is 4.10. The topological polar surface area (TPSA) is 75.4 Å². The van der Waals surface area contributed by atoms with Crippen LogP contribution >= 0.6 is 0 Å². The summed E-state index contributed by atoms with van der Waals surface area (Å²) in [6, 6.07) is 11.2. The highest BCUT2D eigenvalue weighted by Gasteiger charge is 2.28. The number of aliphatic hydroxyl groups is 1. The minimum absolute atomic E-state index is 0.0660. The zero-order valence-corrected chi connectivity index (χ0v) is 14.0. The van der Waals surface area contributed by atoms with Crippen molar-refractivity contribution in [1.29, 1.82) is 0 Å². The highest BCUT2D eigenvalue weighted by Crippen LogP contribution is 2.26. The maximum Gasteiger partial charge on any atom is 0.270 e. The summed E-state index contributed by atoms with van der Waals surface area (Å²) >= 11 is 0. The number of benzene rings is 1. The van der Waals surface area contributed by atoms with Crippen LogP contribution in [0.15, 0.2) is 47.0 Å². The van der Waals surface area contributed by atoms with Crippen LogP contribution in [-0.4, -0.2) is 22.5 Å². The van der Waals surface area contributed by atoms with E-state index < -0.39 is 5.60 Å². The fraction of sp³-hybridized carbons (Fsp3) is 0.263. The minimum Gasteiger partial charge on any atom is -0.466 e. The van der Waals surface area contributed by atoms with Crippen LogP contribution in [0.25, 0.3) is 10.8 Å². The first-order valence-corrected chi connectivity index (χ1v) is 7.80. The Hall–Kier alpha value is -2.66. The number of amides is 1. The molecule has 0 bridgehead atoms. The summed E-state index contributed by atoms with van der Waals surface area (Å²) in [4.78, 5) is 16.7. The predicted molar refractivity (Wildman–Crippen MR) is 91.8 cm³/mol. The van der Waals surface area contributed by atoms with Crippen LogP contribution in [0.2, 0.25) is 0 Å². The summed E-state index contributed by atoms with van der Waals surface area (Å²) in [6.45, 7) is 5.34. The molecule has 0 fully saturated rings. The van der Waals surface area contributed by atoms with Gasteiger partial charge in [-0.3, -0.25) is 9.78 Å². The standard InChI is InChI=1S/C19H20N2O3/c1-12-10-16(13(2)24-12)19(3,23)11-21-18(22)17-15-7-5-4-6-14(15)8-9-20-17/h4-10,23H,11H2,1-3H3,(H,21,22). The quantitative estimate of drug-likeness (QED) is 0.773. The number of pyridine rings is 1. The van der Waals surface area contributed by atoms with Crippen molar-refractivity contribution in [3.8, 4) is 0 Å². The lowest BCUT2D eigenvalue weighted by molar-refractivity contribution is 0.0513.